The molecular weight excluding hydrogens is 384 g/mol. The molecule has 4 rings (SSSR count). The number of rotatable bonds is 5. The van der Waals surface area contributed by atoms with E-state index in [0.717, 1.165) is 51.0 Å². The SMILES string of the molecule is Cl.O=C(CN1CCN(C2CCCCC2)CC1)Nc1ccccc1N1CCCCC1. The molecular formula is C23H37ClN4O. The average Bonchev–Trinajstić information content (AvgIpc) is 2.76. The third-order valence-electron chi connectivity index (χ3n) is 6.74. The van der Waals surface area contributed by atoms with Gasteiger partial charge in [-0.05, 0) is 44.2 Å². The van der Waals surface area contributed by atoms with E-state index in [1.165, 1.54) is 57.1 Å². The van der Waals surface area contributed by atoms with Crippen LogP contribution < -0.4 is 10.2 Å². The summed E-state index contributed by atoms with van der Waals surface area (Å²) in [6.07, 6.45) is 10.7. The summed E-state index contributed by atoms with van der Waals surface area (Å²) in [6.45, 7) is 6.94. The first kappa shape index (κ1) is 22.4. The van der Waals surface area contributed by atoms with Gasteiger partial charge < -0.3 is 10.2 Å². The predicted octanol–water partition coefficient (Wildman–Crippen LogP) is 3.99. The number of halogens is 1. The first-order valence-corrected chi connectivity index (χ1v) is 11.4. The van der Waals surface area contributed by atoms with Crippen LogP contribution in [0.2, 0.25) is 0 Å². The topological polar surface area (TPSA) is 38.8 Å². The van der Waals surface area contributed by atoms with Crippen molar-refractivity contribution in [2.45, 2.75) is 57.4 Å². The Kier molecular flexibility index (Phi) is 8.64. The molecule has 29 heavy (non-hydrogen) atoms. The lowest BCUT2D eigenvalue weighted by atomic mass is 9.94. The molecule has 3 fully saturated rings. The van der Waals surface area contributed by atoms with E-state index in [0.29, 0.717) is 6.54 Å². The molecule has 0 aromatic heterocycles. The third-order valence-corrected chi connectivity index (χ3v) is 6.74. The van der Waals surface area contributed by atoms with E-state index in [4.69, 9.17) is 0 Å². The molecule has 5 nitrogen and oxygen atoms in total. The molecule has 1 amide bonds. The fourth-order valence-corrected chi connectivity index (χ4v) is 5.12. The van der Waals surface area contributed by atoms with E-state index < -0.39 is 0 Å². The van der Waals surface area contributed by atoms with Crippen molar-refractivity contribution in [3.05, 3.63) is 24.3 Å². The van der Waals surface area contributed by atoms with Gasteiger partial charge in [0.05, 0.1) is 17.9 Å². The normalized spacial score (nSPS) is 22.1. The molecule has 0 unspecified atom stereocenters. The Labute approximate surface area is 182 Å². The molecule has 6 heteroatoms. The van der Waals surface area contributed by atoms with Gasteiger partial charge >= 0.3 is 0 Å². The van der Waals surface area contributed by atoms with Gasteiger partial charge in [-0.3, -0.25) is 14.6 Å². The fourth-order valence-electron chi connectivity index (χ4n) is 5.12. The number of piperidine rings is 1. The van der Waals surface area contributed by atoms with Gasteiger partial charge in [-0.25, -0.2) is 0 Å². The maximum absolute atomic E-state index is 12.7. The molecule has 2 saturated heterocycles. The fraction of sp³-hybridized carbons (Fsp3) is 0.696. The molecule has 162 valence electrons. The lowest BCUT2D eigenvalue weighted by Gasteiger charge is -2.40. The predicted molar refractivity (Wildman–Crippen MR) is 123 cm³/mol. The first-order chi connectivity index (χ1) is 13.8. The lowest BCUT2D eigenvalue weighted by molar-refractivity contribution is -0.117. The Hall–Kier alpha value is -1.30. The van der Waals surface area contributed by atoms with Crippen LogP contribution in [-0.2, 0) is 4.79 Å². The molecule has 1 saturated carbocycles. The summed E-state index contributed by atoms with van der Waals surface area (Å²) in [5.41, 5.74) is 2.15. The highest BCUT2D eigenvalue weighted by Crippen LogP contribution is 2.28. The molecule has 3 aliphatic rings. The molecule has 1 N–H and O–H groups in total. The van der Waals surface area contributed by atoms with Gasteiger partial charge in [0.15, 0.2) is 0 Å². The van der Waals surface area contributed by atoms with Crippen molar-refractivity contribution in [1.29, 1.82) is 0 Å². The summed E-state index contributed by atoms with van der Waals surface area (Å²) < 4.78 is 0. The number of benzene rings is 1. The molecule has 0 radical (unpaired) electrons. The highest BCUT2D eigenvalue weighted by atomic mass is 35.5. The monoisotopic (exact) mass is 420 g/mol. The highest BCUT2D eigenvalue weighted by Gasteiger charge is 2.26. The summed E-state index contributed by atoms with van der Waals surface area (Å²) in [4.78, 5) is 20.1. The zero-order chi connectivity index (χ0) is 19.2. The summed E-state index contributed by atoms with van der Waals surface area (Å²) in [6, 6.07) is 9.07. The van der Waals surface area contributed by atoms with Gasteiger partial charge in [0, 0.05) is 45.3 Å². The maximum atomic E-state index is 12.7. The van der Waals surface area contributed by atoms with Crippen molar-refractivity contribution in [3.63, 3.8) is 0 Å². The Bertz CT molecular complexity index is 636. The van der Waals surface area contributed by atoms with E-state index in [1.54, 1.807) is 0 Å². The molecule has 2 heterocycles. The van der Waals surface area contributed by atoms with Crippen LogP contribution in [0.1, 0.15) is 51.4 Å². The van der Waals surface area contributed by atoms with Crippen molar-refractivity contribution in [3.8, 4) is 0 Å². The molecule has 2 aliphatic heterocycles. The lowest BCUT2D eigenvalue weighted by Crippen LogP contribution is -2.52. The number of nitrogens with zero attached hydrogens (tertiary/aromatic N) is 3. The minimum Gasteiger partial charge on any atom is -0.370 e. The van der Waals surface area contributed by atoms with Crippen LogP contribution in [0.5, 0.6) is 0 Å². The number of hydrogen-bond acceptors (Lipinski definition) is 4. The second kappa shape index (κ2) is 11.2. The van der Waals surface area contributed by atoms with Gasteiger partial charge in [-0.1, -0.05) is 31.4 Å². The van der Waals surface area contributed by atoms with E-state index in [1.807, 2.05) is 12.1 Å². The van der Waals surface area contributed by atoms with Crippen LogP contribution in [-0.4, -0.2) is 67.6 Å². The number of para-hydroxylation sites is 2. The van der Waals surface area contributed by atoms with Crippen molar-refractivity contribution in [2.75, 3.05) is 56.0 Å². The number of carbonyl (C=O) groups is 1. The molecule has 0 spiro atoms. The van der Waals surface area contributed by atoms with Crippen LogP contribution in [0.3, 0.4) is 0 Å². The van der Waals surface area contributed by atoms with Crippen LogP contribution in [0.15, 0.2) is 24.3 Å². The summed E-state index contributed by atoms with van der Waals surface area (Å²) in [5.74, 6) is 0.121. The van der Waals surface area contributed by atoms with E-state index in [9.17, 15) is 4.79 Å². The van der Waals surface area contributed by atoms with Gasteiger partial charge in [0.2, 0.25) is 5.91 Å². The highest BCUT2D eigenvalue weighted by molar-refractivity contribution is 5.95. The molecule has 0 bridgehead atoms. The van der Waals surface area contributed by atoms with Crippen LogP contribution in [0.4, 0.5) is 11.4 Å². The largest absolute Gasteiger partial charge is 0.370 e. The van der Waals surface area contributed by atoms with E-state index in [-0.39, 0.29) is 18.3 Å². The molecule has 1 aliphatic carbocycles. The number of piperazine rings is 1. The van der Waals surface area contributed by atoms with Crippen molar-refractivity contribution >= 4 is 29.7 Å². The second-order valence-electron chi connectivity index (χ2n) is 8.72. The standard InChI is InChI=1S/C23H36N4O.ClH/c28-23(19-25-15-17-26(18-16-25)20-9-3-1-4-10-20)24-21-11-5-6-12-22(21)27-13-7-2-8-14-27;/h5-6,11-12,20H,1-4,7-10,13-19H2,(H,24,28);1H. The third kappa shape index (κ3) is 6.09. The Morgan fingerprint density at radius 2 is 1.52 bits per heavy atom. The molecule has 1 aromatic carbocycles. The Balaban J connectivity index is 0.00000240. The average molecular weight is 421 g/mol. The van der Waals surface area contributed by atoms with Crippen molar-refractivity contribution in [2.24, 2.45) is 0 Å². The summed E-state index contributed by atoms with van der Waals surface area (Å²) in [7, 11) is 0. The second-order valence-corrected chi connectivity index (χ2v) is 8.72. The van der Waals surface area contributed by atoms with Crippen molar-refractivity contribution < 1.29 is 4.79 Å². The quantitative estimate of drug-likeness (QED) is 0.781. The molecule has 0 atom stereocenters. The maximum Gasteiger partial charge on any atom is 0.238 e. The summed E-state index contributed by atoms with van der Waals surface area (Å²) in [5, 5.41) is 3.19. The minimum absolute atomic E-state index is 0. The van der Waals surface area contributed by atoms with E-state index >= 15 is 0 Å². The Morgan fingerprint density at radius 3 is 2.24 bits per heavy atom. The van der Waals surface area contributed by atoms with Gasteiger partial charge in [0.1, 0.15) is 0 Å². The molecule has 1 aromatic rings. The number of amides is 1. The van der Waals surface area contributed by atoms with Crippen LogP contribution in [0.25, 0.3) is 0 Å². The first-order valence-electron chi connectivity index (χ1n) is 11.4. The van der Waals surface area contributed by atoms with Gasteiger partial charge in [-0.2, -0.15) is 0 Å². The van der Waals surface area contributed by atoms with Crippen molar-refractivity contribution in [1.82, 2.24) is 9.80 Å². The van der Waals surface area contributed by atoms with E-state index in [2.05, 4.69) is 32.1 Å². The zero-order valence-electron chi connectivity index (χ0n) is 17.7. The smallest absolute Gasteiger partial charge is 0.238 e. The number of anilines is 2. The Morgan fingerprint density at radius 1 is 0.862 bits per heavy atom. The van der Waals surface area contributed by atoms with Gasteiger partial charge in [-0.15, -0.1) is 12.4 Å². The summed E-state index contributed by atoms with van der Waals surface area (Å²) >= 11 is 0. The van der Waals surface area contributed by atoms with Crippen LogP contribution in [0, 0.1) is 0 Å². The van der Waals surface area contributed by atoms with Crippen LogP contribution >= 0.6 is 12.4 Å². The zero-order valence-corrected chi connectivity index (χ0v) is 18.5. The number of carbonyl (C=O) groups excluding carboxylic acids is 1. The number of nitrogens with one attached hydrogen (secondary N) is 1. The number of hydrogen-bond donors (Lipinski definition) is 1. The van der Waals surface area contributed by atoms with Gasteiger partial charge in [0.25, 0.3) is 0 Å². The minimum atomic E-state index is 0.